The molecule has 0 bridgehead atoms. The van der Waals surface area contributed by atoms with E-state index in [1.165, 1.54) is 38.9 Å². The molecule has 68 valence electrons. The third-order valence-electron chi connectivity index (χ3n) is 1.63. The van der Waals surface area contributed by atoms with E-state index in [1.807, 2.05) is 0 Å². The Labute approximate surface area is 70.8 Å². The first-order chi connectivity index (χ1) is 5.41. The van der Waals surface area contributed by atoms with E-state index < -0.39 is 0 Å². The zero-order valence-electron chi connectivity index (χ0n) is 7.95. The van der Waals surface area contributed by atoms with Crippen LogP contribution < -0.4 is 10.6 Å². The van der Waals surface area contributed by atoms with Crippen molar-refractivity contribution in [3.63, 3.8) is 0 Å². The molecule has 0 aliphatic rings. The highest BCUT2D eigenvalue weighted by Crippen LogP contribution is 1.84. The van der Waals surface area contributed by atoms with Gasteiger partial charge >= 0.3 is 0 Å². The van der Waals surface area contributed by atoms with Crippen LogP contribution >= 0.6 is 0 Å². The fourth-order valence-corrected chi connectivity index (χ4v) is 0.979. The molecule has 2 nitrogen and oxygen atoms in total. The molecule has 0 saturated heterocycles. The molecule has 0 heterocycles. The Hall–Kier alpha value is -0.0800. The van der Waals surface area contributed by atoms with Crippen molar-refractivity contribution in [3.05, 3.63) is 0 Å². The van der Waals surface area contributed by atoms with Gasteiger partial charge in [0.15, 0.2) is 0 Å². The second kappa shape index (κ2) is 9.92. The van der Waals surface area contributed by atoms with Gasteiger partial charge in [0.2, 0.25) is 0 Å². The van der Waals surface area contributed by atoms with Crippen LogP contribution in [-0.4, -0.2) is 26.2 Å². The van der Waals surface area contributed by atoms with Crippen molar-refractivity contribution in [1.82, 2.24) is 10.6 Å². The largest absolute Gasteiger partial charge is 0.317 e. The van der Waals surface area contributed by atoms with Crippen molar-refractivity contribution >= 4 is 0 Å². The maximum Gasteiger partial charge on any atom is -0.00484 e. The average Bonchev–Trinajstić information content (AvgIpc) is 2.03. The zero-order chi connectivity index (χ0) is 8.36. The molecular weight excluding hydrogens is 136 g/mol. The molecule has 0 spiro atoms. The summed E-state index contributed by atoms with van der Waals surface area (Å²) in [6, 6.07) is 0. The highest BCUT2D eigenvalue weighted by molar-refractivity contribution is 4.49. The van der Waals surface area contributed by atoms with Crippen LogP contribution in [0.25, 0.3) is 0 Å². The first kappa shape index (κ1) is 10.9. The lowest BCUT2D eigenvalue weighted by molar-refractivity contribution is 0.588. The van der Waals surface area contributed by atoms with Gasteiger partial charge in [-0.1, -0.05) is 13.8 Å². The number of unbranched alkanes of at least 4 members (excludes halogenated alkanes) is 1. The normalized spacial score (nSPS) is 10.4. The Morgan fingerprint density at radius 3 is 2.00 bits per heavy atom. The van der Waals surface area contributed by atoms with Crippen LogP contribution in [0.1, 0.15) is 33.1 Å². The molecule has 0 aromatic rings. The summed E-state index contributed by atoms with van der Waals surface area (Å²) < 4.78 is 0. The third kappa shape index (κ3) is 9.92. The van der Waals surface area contributed by atoms with Crippen LogP contribution in [0.4, 0.5) is 0 Å². The monoisotopic (exact) mass is 158 g/mol. The van der Waals surface area contributed by atoms with Gasteiger partial charge in [-0.15, -0.1) is 0 Å². The Morgan fingerprint density at radius 2 is 1.45 bits per heavy atom. The number of hydrogen-bond donors (Lipinski definition) is 2. The molecule has 11 heavy (non-hydrogen) atoms. The van der Waals surface area contributed by atoms with E-state index in [0.29, 0.717) is 0 Å². The fraction of sp³-hybridized carbons (Fsp3) is 1.00. The Morgan fingerprint density at radius 1 is 0.818 bits per heavy atom. The molecule has 0 saturated carbocycles. The molecule has 0 atom stereocenters. The van der Waals surface area contributed by atoms with Crippen LogP contribution in [0, 0.1) is 0 Å². The summed E-state index contributed by atoms with van der Waals surface area (Å²) in [4.78, 5) is 0. The van der Waals surface area contributed by atoms with Gasteiger partial charge in [-0.25, -0.2) is 0 Å². The van der Waals surface area contributed by atoms with Gasteiger partial charge in [0.25, 0.3) is 0 Å². The SMILES string of the molecule is CCCNCCCCNCC. The minimum atomic E-state index is 1.10. The van der Waals surface area contributed by atoms with Crippen LogP contribution in [0.5, 0.6) is 0 Å². The van der Waals surface area contributed by atoms with Crippen molar-refractivity contribution in [3.8, 4) is 0 Å². The minimum absolute atomic E-state index is 1.10. The molecule has 2 heteroatoms. The zero-order valence-corrected chi connectivity index (χ0v) is 7.95. The first-order valence-electron chi connectivity index (χ1n) is 4.83. The number of rotatable bonds is 8. The van der Waals surface area contributed by atoms with E-state index in [2.05, 4.69) is 24.5 Å². The van der Waals surface area contributed by atoms with Crippen LogP contribution in [0.2, 0.25) is 0 Å². The second-order valence-corrected chi connectivity index (χ2v) is 2.81. The lowest BCUT2D eigenvalue weighted by Crippen LogP contribution is -2.19. The van der Waals surface area contributed by atoms with Gasteiger partial charge in [0.05, 0.1) is 0 Å². The molecule has 0 aliphatic carbocycles. The predicted molar refractivity (Wildman–Crippen MR) is 50.9 cm³/mol. The minimum Gasteiger partial charge on any atom is -0.317 e. The molecule has 0 fully saturated rings. The molecule has 0 rings (SSSR count). The van der Waals surface area contributed by atoms with Crippen LogP contribution in [0.3, 0.4) is 0 Å². The quantitative estimate of drug-likeness (QED) is 0.521. The summed E-state index contributed by atoms with van der Waals surface area (Å²) in [6.07, 6.45) is 3.84. The lowest BCUT2D eigenvalue weighted by Gasteiger charge is -2.02. The van der Waals surface area contributed by atoms with E-state index >= 15 is 0 Å². The van der Waals surface area contributed by atoms with E-state index in [4.69, 9.17) is 0 Å². The summed E-state index contributed by atoms with van der Waals surface area (Å²) in [6.45, 7) is 8.97. The highest BCUT2D eigenvalue weighted by atomic mass is 14.9. The van der Waals surface area contributed by atoms with Crippen molar-refractivity contribution in [1.29, 1.82) is 0 Å². The molecule has 0 amide bonds. The first-order valence-corrected chi connectivity index (χ1v) is 4.83. The van der Waals surface area contributed by atoms with Gasteiger partial charge in [-0.2, -0.15) is 0 Å². The standard InChI is InChI=1S/C9H22N2/c1-3-7-11-9-6-5-8-10-4-2/h10-11H,3-9H2,1-2H3. The molecule has 0 aromatic carbocycles. The third-order valence-corrected chi connectivity index (χ3v) is 1.63. The van der Waals surface area contributed by atoms with Gasteiger partial charge in [-0.3, -0.25) is 0 Å². The van der Waals surface area contributed by atoms with Crippen LogP contribution in [-0.2, 0) is 0 Å². The van der Waals surface area contributed by atoms with E-state index in [0.717, 1.165) is 6.54 Å². The summed E-state index contributed by atoms with van der Waals surface area (Å²) >= 11 is 0. The molecule has 0 aromatic heterocycles. The molecule has 0 unspecified atom stereocenters. The number of hydrogen-bond acceptors (Lipinski definition) is 2. The smallest absolute Gasteiger partial charge is 0.00484 e. The van der Waals surface area contributed by atoms with Gasteiger partial charge in [0, 0.05) is 0 Å². The fourth-order valence-electron chi connectivity index (χ4n) is 0.979. The van der Waals surface area contributed by atoms with Gasteiger partial charge in [0.1, 0.15) is 0 Å². The highest BCUT2D eigenvalue weighted by Gasteiger charge is 1.86. The summed E-state index contributed by atoms with van der Waals surface area (Å²) in [5, 5.41) is 6.70. The second-order valence-electron chi connectivity index (χ2n) is 2.81. The molecule has 2 N–H and O–H groups in total. The van der Waals surface area contributed by atoms with Crippen molar-refractivity contribution in [2.45, 2.75) is 33.1 Å². The molecular formula is C9H22N2. The summed E-state index contributed by atoms with van der Waals surface area (Å²) in [5.41, 5.74) is 0. The molecule has 0 radical (unpaired) electrons. The predicted octanol–water partition coefficient (Wildman–Crippen LogP) is 1.38. The van der Waals surface area contributed by atoms with Gasteiger partial charge < -0.3 is 10.6 Å². The van der Waals surface area contributed by atoms with E-state index in [-0.39, 0.29) is 0 Å². The maximum atomic E-state index is 3.38. The van der Waals surface area contributed by atoms with Crippen molar-refractivity contribution in [2.75, 3.05) is 26.2 Å². The summed E-state index contributed by atoms with van der Waals surface area (Å²) in [5.74, 6) is 0. The Balaban J connectivity index is 2.69. The van der Waals surface area contributed by atoms with E-state index in [9.17, 15) is 0 Å². The van der Waals surface area contributed by atoms with Crippen molar-refractivity contribution < 1.29 is 0 Å². The van der Waals surface area contributed by atoms with Gasteiger partial charge in [-0.05, 0) is 45.4 Å². The Bertz CT molecular complexity index is 56.6. The topological polar surface area (TPSA) is 24.1 Å². The average molecular weight is 158 g/mol. The lowest BCUT2D eigenvalue weighted by atomic mass is 10.3. The van der Waals surface area contributed by atoms with Crippen LogP contribution in [0.15, 0.2) is 0 Å². The summed E-state index contributed by atoms with van der Waals surface area (Å²) in [7, 11) is 0. The molecule has 0 aliphatic heterocycles. The van der Waals surface area contributed by atoms with Crippen molar-refractivity contribution in [2.24, 2.45) is 0 Å². The Kier molecular flexibility index (Phi) is 9.85. The van der Waals surface area contributed by atoms with E-state index in [1.54, 1.807) is 0 Å². The number of nitrogens with one attached hydrogen (secondary N) is 2. The maximum absolute atomic E-state index is 3.38.